The Morgan fingerprint density at radius 1 is 1.19 bits per heavy atom. The predicted molar refractivity (Wildman–Crippen MR) is 73.6 cm³/mol. The van der Waals surface area contributed by atoms with E-state index in [0.717, 1.165) is 0 Å². The number of hydrogen-bond acceptors (Lipinski definition) is 5. The number of benzene rings is 1. The smallest absolute Gasteiger partial charge is 0.350 e. The summed E-state index contributed by atoms with van der Waals surface area (Å²) in [7, 11) is 1.47. The van der Waals surface area contributed by atoms with Crippen molar-refractivity contribution in [1.29, 1.82) is 0 Å². The molecule has 0 fully saturated rings. The first-order valence-corrected chi connectivity index (χ1v) is 6.94. The number of hydrogen-bond donors (Lipinski definition) is 0. The van der Waals surface area contributed by atoms with E-state index in [0.29, 0.717) is 11.3 Å². The van der Waals surface area contributed by atoms with Crippen molar-refractivity contribution in [3.8, 4) is 17.1 Å². The molecule has 0 atom stereocenters. The quantitative estimate of drug-likeness (QED) is 0.732. The number of methoxy groups -OCH3 is 1. The van der Waals surface area contributed by atoms with Gasteiger partial charge >= 0.3 is 11.8 Å². The van der Waals surface area contributed by atoms with E-state index >= 15 is 0 Å². The van der Waals surface area contributed by atoms with Crippen LogP contribution in [0.4, 0.5) is 8.78 Å². The van der Waals surface area contributed by atoms with Gasteiger partial charge in [0.2, 0.25) is 5.82 Å². The second-order valence-corrected chi connectivity index (χ2v) is 5.02. The highest BCUT2D eigenvalue weighted by molar-refractivity contribution is 7.08. The molecular formula is C14H10F2N2O2S. The molecule has 0 aliphatic carbocycles. The second-order valence-electron chi connectivity index (χ2n) is 4.24. The average molecular weight is 308 g/mol. The Balaban J connectivity index is 1.93. The Kier molecular flexibility index (Phi) is 3.42. The summed E-state index contributed by atoms with van der Waals surface area (Å²) in [5.41, 5.74) is 0.421. The van der Waals surface area contributed by atoms with E-state index in [1.807, 2.05) is 5.38 Å². The number of ether oxygens (including phenoxy) is 1. The summed E-state index contributed by atoms with van der Waals surface area (Å²) >= 11 is 1.43. The number of rotatable bonds is 4. The third-order valence-corrected chi connectivity index (χ3v) is 3.61. The van der Waals surface area contributed by atoms with Gasteiger partial charge in [0.1, 0.15) is 5.75 Å². The van der Waals surface area contributed by atoms with Crippen molar-refractivity contribution in [2.75, 3.05) is 7.11 Å². The third kappa shape index (κ3) is 2.52. The summed E-state index contributed by atoms with van der Waals surface area (Å²) < 4.78 is 38.4. The Labute approximate surface area is 123 Å². The van der Waals surface area contributed by atoms with E-state index in [9.17, 15) is 8.78 Å². The summed E-state index contributed by atoms with van der Waals surface area (Å²) in [5, 5.41) is 7.18. The van der Waals surface area contributed by atoms with Crippen LogP contribution in [0.3, 0.4) is 0 Å². The van der Waals surface area contributed by atoms with E-state index in [1.165, 1.54) is 42.7 Å². The molecule has 108 valence electrons. The molecule has 0 unspecified atom stereocenters. The van der Waals surface area contributed by atoms with Gasteiger partial charge in [-0.15, -0.1) is 0 Å². The standard InChI is InChI=1S/C14H10F2N2O2S/c1-19-11-4-2-10(3-5-11)14(15,16)13-17-12(18-20-13)9-6-7-21-8-9/h2-8H,1H3. The van der Waals surface area contributed by atoms with Crippen LogP contribution in [0.25, 0.3) is 11.4 Å². The molecule has 0 amide bonds. The molecule has 2 aromatic heterocycles. The number of thiophene rings is 1. The summed E-state index contributed by atoms with van der Waals surface area (Å²) in [4.78, 5) is 3.79. The van der Waals surface area contributed by atoms with Gasteiger partial charge in [0.15, 0.2) is 0 Å². The lowest BCUT2D eigenvalue weighted by Gasteiger charge is -2.12. The molecule has 1 aromatic carbocycles. The van der Waals surface area contributed by atoms with Crippen LogP contribution < -0.4 is 4.74 Å². The molecule has 0 saturated heterocycles. The number of aromatic nitrogens is 2. The zero-order chi connectivity index (χ0) is 14.9. The first-order chi connectivity index (χ1) is 10.1. The molecule has 3 rings (SSSR count). The van der Waals surface area contributed by atoms with Gasteiger partial charge in [0.25, 0.3) is 0 Å². The Bertz CT molecular complexity index is 724. The third-order valence-electron chi connectivity index (χ3n) is 2.93. The lowest BCUT2D eigenvalue weighted by Crippen LogP contribution is -2.15. The molecule has 2 heterocycles. The van der Waals surface area contributed by atoms with Crippen molar-refractivity contribution in [1.82, 2.24) is 10.1 Å². The maximum atomic E-state index is 14.3. The van der Waals surface area contributed by atoms with E-state index in [-0.39, 0.29) is 11.4 Å². The fourth-order valence-corrected chi connectivity index (χ4v) is 2.42. The minimum atomic E-state index is -3.35. The highest BCUT2D eigenvalue weighted by Gasteiger charge is 2.40. The first-order valence-electron chi connectivity index (χ1n) is 6.00. The molecule has 0 saturated carbocycles. The van der Waals surface area contributed by atoms with Crippen molar-refractivity contribution in [3.63, 3.8) is 0 Å². The molecule has 0 aliphatic rings. The summed E-state index contributed by atoms with van der Waals surface area (Å²) in [6, 6.07) is 7.20. The summed E-state index contributed by atoms with van der Waals surface area (Å²) in [5.74, 6) is -3.43. The first kappa shape index (κ1) is 13.7. The Morgan fingerprint density at radius 2 is 1.95 bits per heavy atom. The zero-order valence-corrected chi connectivity index (χ0v) is 11.7. The van der Waals surface area contributed by atoms with Crippen LogP contribution in [-0.2, 0) is 5.92 Å². The molecule has 3 aromatic rings. The fourth-order valence-electron chi connectivity index (χ4n) is 1.78. The second kappa shape index (κ2) is 5.25. The largest absolute Gasteiger partial charge is 0.497 e. The van der Waals surface area contributed by atoms with Crippen LogP contribution in [0.5, 0.6) is 5.75 Å². The van der Waals surface area contributed by atoms with Crippen molar-refractivity contribution >= 4 is 11.3 Å². The molecule has 21 heavy (non-hydrogen) atoms. The van der Waals surface area contributed by atoms with Crippen molar-refractivity contribution < 1.29 is 18.0 Å². The predicted octanol–water partition coefficient (Wildman–Crippen LogP) is 3.95. The minimum Gasteiger partial charge on any atom is -0.497 e. The number of alkyl halides is 2. The maximum absolute atomic E-state index is 14.3. The maximum Gasteiger partial charge on any atom is 0.350 e. The summed E-state index contributed by atoms with van der Waals surface area (Å²) in [6.07, 6.45) is 0. The van der Waals surface area contributed by atoms with Crippen molar-refractivity contribution in [2.45, 2.75) is 5.92 Å². The number of halogens is 2. The van der Waals surface area contributed by atoms with Crippen LogP contribution in [0, 0.1) is 0 Å². The molecule has 7 heteroatoms. The molecule has 0 bridgehead atoms. The van der Waals surface area contributed by atoms with Crippen LogP contribution in [-0.4, -0.2) is 17.3 Å². The zero-order valence-electron chi connectivity index (χ0n) is 10.9. The molecule has 0 aliphatic heterocycles. The van der Waals surface area contributed by atoms with Crippen LogP contribution in [0.15, 0.2) is 45.6 Å². The fraction of sp³-hybridized carbons (Fsp3) is 0.143. The molecule has 0 N–H and O–H groups in total. The molecule has 0 spiro atoms. The monoisotopic (exact) mass is 308 g/mol. The van der Waals surface area contributed by atoms with Gasteiger partial charge < -0.3 is 9.26 Å². The van der Waals surface area contributed by atoms with Gasteiger partial charge in [0.05, 0.1) is 7.11 Å². The van der Waals surface area contributed by atoms with Crippen molar-refractivity contribution in [3.05, 3.63) is 52.5 Å². The van der Waals surface area contributed by atoms with Gasteiger partial charge in [-0.05, 0) is 35.7 Å². The Hall–Kier alpha value is -2.28. The lowest BCUT2D eigenvalue weighted by molar-refractivity contribution is 0.00758. The van der Waals surface area contributed by atoms with E-state index in [4.69, 9.17) is 9.26 Å². The Morgan fingerprint density at radius 3 is 2.57 bits per heavy atom. The van der Waals surface area contributed by atoms with Crippen molar-refractivity contribution in [2.24, 2.45) is 0 Å². The van der Waals surface area contributed by atoms with E-state index < -0.39 is 11.8 Å². The van der Waals surface area contributed by atoms with Gasteiger partial charge in [0, 0.05) is 16.5 Å². The van der Waals surface area contributed by atoms with E-state index in [2.05, 4.69) is 10.1 Å². The molecular weight excluding hydrogens is 298 g/mol. The molecule has 4 nitrogen and oxygen atoms in total. The molecule has 0 radical (unpaired) electrons. The normalized spacial score (nSPS) is 11.6. The van der Waals surface area contributed by atoms with Gasteiger partial charge in [-0.1, -0.05) is 5.16 Å². The highest BCUT2D eigenvalue weighted by Crippen LogP contribution is 2.36. The van der Waals surface area contributed by atoms with Gasteiger partial charge in [-0.25, -0.2) is 0 Å². The van der Waals surface area contributed by atoms with Gasteiger partial charge in [-0.2, -0.15) is 25.1 Å². The van der Waals surface area contributed by atoms with Gasteiger partial charge in [-0.3, -0.25) is 0 Å². The van der Waals surface area contributed by atoms with E-state index in [1.54, 1.807) is 11.4 Å². The highest BCUT2D eigenvalue weighted by atomic mass is 32.1. The average Bonchev–Trinajstić information content (AvgIpc) is 3.18. The topological polar surface area (TPSA) is 48.2 Å². The van der Waals surface area contributed by atoms with Crippen LogP contribution in [0.2, 0.25) is 0 Å². The minimum absolute atomic E-state index is 0.152. The van der Waals surface area contributed by atoms with Crippen LogP contribution >= 0.6 is 11.3 Å². The number of nitrogens with zero attached hydrogens (tertiary/aromatic N) is 2. The SMILES string of the molecule is COc1ccc(C(F)(F)c2nc(-c3ccsc3)no2)cc1. The summed E-state index contributed by atoms with van der Waals surface area (Å²) in [6.45, 7) is 0. The lowest BCUT2D eigenvalue weighted by atomic mass is 10.1. The van der Waals surface area contributed by atoms with Crippen LogP contribution in [0.1, 0.15) is 11.5 Å².